The number of hydrogen-bond acceptors (Lipinski definition) is 4. The van der Waals surface area contributed by atoms with Gasteiger partial charge >= 0.3 is 5.76 Å². The number of carbonyl (C=O) groups excluding carboxylic acids is 1. The molecule has 0 fully saturated rings. The van der Waals surface area contributed by atoms with Crippen molar-refractivity contribution in [3.63, 3.8) is 0 Å². The number of aromatic nitrogens is 1. The number of carbonyl (C=O) groups is 1. The number of nitrogens with one attached hydrogen (secondary N) is 1. The molecule has 0 saturated carbocycles. The predicted molar refractivity (Wildman–Crippen MR) is 113 cm³/mol. The van der Waals surface area contributed by atoms with Crippen LogP contribution in [-0.4, -0.2) is 30.1 Å². The van der Waals surface area contributed by atoms with Gasteiger partial charge in [0.2, 0.25) is 5.91 Å². The number of amides is 1. The molecule has 0 aliphatic carbocycles. The summed E-state index contributed by atoms with van der Waals surface area (Å²) in [6.45, 7) is 2.50. The minimum Gasteiger partial charge on any atom is -0.408 e. The molecule has 3 aromatic rings. The van der Waals surface area contributed by atoms with Crippen LogP contribution in [-0.2, 0) is 17.8 Å². The van der Waals surface area contributed by atoms with Crippen LogP contribution in [0.25, 0.3) is 11.3 Å². The lowest BCUT2D eigenvalue weighted by Gasteiger charge is -2.31. The minimum atomic E-state index is -0.524. The molecule has 1 aliphatic rings. The lowest BCUT2D eigenvalue weighted by molar-refractivity contribution is -0.121. The monoisotopic (exact) mass is 391 g/mol. The summed E-state index contributed by atoms with van der Waals surface area (Å²) in [5.41, 5.74) is 3.52. The molecule has 0 unspecified atom stereocenters. The quantitative estimate of drug-likeness (QED) is 0.629. The van der Waals surface area contributed by atoms with Gasteiger partial charge in [-0.1, -0.05) is 48.5 Å². The lowest BCUT2D eigenvalue weighted by Crippen LogP contribution is -2.35. The molecule has 1 aliphatic heterocycles. The molecule has 1 amide bonds. The third-order valence-corrected chi connectivity index (χ3v) is 5.21. The molecule has 0 atom stereocenters. The molecule has 2 aromatic carbocycles. The zero-order chi connectivity index (χ0) is 20.1. The molecule has 4 rings (SSSR count). The largest absolute Gasteiger partial charge is 0.419 e. The van der Waals surface area contributed by atoms with E-state index >= 15 is 0 Å². The maximum absolute atomic E-state index is 12.2. The normalized spacial score (nSPS) is 13.2. The zero-order valence-electron chi connectivity index (χ0n) is 16.3. The van der Waals surface area contributed by atoms with Crippen molar-refractivity contribution in [2.45, 2.75) is 25.8 Å². The molecule has 150 valence electrons. The Balaban J connectivity index is 1.26. The molecule has 0 bridgehead atoms. The van der Waals surface area contributed by atoms with Crippen LogP contribution in [0.5, 0.6) is 0 Å². The second-order valence-corrected chi connectivity index (χ2v) is 7.28. The van der Waals surface area contributed by atoms with Crippen LogP contribution in [0.15, 0.2) is 70.0 Å². The summed E-state index contributed by atoms with van der Waals surface area (Å²) in [5, 5.41) is 2.90. The van der Waals surface area contributed by atoms with Crippen LogP contribution in [0, 0.1) is 0 Å². The number of hydrogen-bond donors (Lipinski definition) is 1. The van der Waals surface area contributed by atoms with Gasteiger partial charge in [-0.3, -0.25) is 9.36 Å². The van der Waals surface area contributed by atoms with Crippen LogP contribution in [0.3, 0.4) is 0 Å². The van der Waals surface area contributed by atoms with E-state index in [0.717, 1.165) is 37.9 Å². The summed E-state index contributed by atoms with van der Waals surface area (Å²) in [6.07, 6.45) is 4.74. The number of oxazole rings is 1. The van der Waals surface area contributed by atoms with Crippen LogP contribution >= 0.6 is 0 Å². The fraction of sp³-hybridized carbons (Fsp3) is 0.304. The van der Waals surface area contributed by atoms with Crippen molar-refractivity contribution in [1.82, 2.24) is 9.88 Å². The Kier molecular flexibility index (Phi) is 5.79. The Morgan fingerprint density at radius 2 is 1.86 bits per heavy atom. The van der Waals surface area contributed by atoms with E-state index in [-0.39, 0.29) is 12.5 Å². The fourth-order valence-electron chi connectivity index (χ4n) is 3.77. The van der Waals surface area contributed by atoms with Crippen molar-refractivity contribution in [3.05, 3.63) is 76.9 Å². The molecule has 0 radical (unpaired) electrons. The smallest absolute Gasteiger partial charge is 0.408 e. The first-order valence-corrected chi connectivity index (χ1v) is 10.1. The van der Waals surface area contributed by atoms with Gasteiger partial charge in [0.25, 0.3) is 0 Å². The number of fused-ring (bicyclic) bond motifs is 1. The Labute approximate surface area is 169 Å². The number of aryl methyl sites for hydroxylation is 1. The molecule has 1 N–H and O–H groups in total. The van der Waals surface area contributed by atoms with Gasteiger partial charge in [-0.05, 0) is 30.9 Å². The Bertz CT molecular complexity index is 1020. The summed E-state index contributed by atoms with van der Waals surface area (Å²) < 4.78 is 6.56. The average molecular weight is 391 g/mol. The highest BCUT2D eigenvalue weighted by molar-refractivity contribution is 5.75. The van der Waals surface area contributed by atoms with Crippen LogP contribution in [0.1, 0.15) is 18.4 Å². The van der Waals surface area contributed by atoms with E-state index in [1.807, 2.05) is 30.3 Å². The van der Waals surface area contributed by atoms with Gasteiger partial charge in [0.05, 0.1) is 6.20 Å². The van der Waals surface area contributed by atoms with E-state index in [4.69, 9.17) is 4.42 Å². The van der Waals surface area contributed by atoms with Crippen molar-refractivity contribution in [2.75, 3.05) is 24.5 Å². The van der Waals surface area contributed by atoms with Crippen molar-refractivity contribution >= 4 is 11.6 Å². The standard InChI is InChI=1S/C23H25N3O3/c27-22(17-26-16-21(29-23(26)28)19-9-2-1-3-10-19)24-13-7-15-25-14-6-11-18-8-4-5-12-20(18)25/h1-5,8-10,12,16H,6-7,11,13-15,17H2,(H,24,27). The van der Waals surface area contributed by atoms with E-state index < -0.39 is 5.76 Å². The highest BCUT2D eigenvalue weighted by atomic mass is 16.4. The van der Waals surface area contributed by atoms with E-state index in [0.29, 0.717) is 12.3 Å². The maximum atomic E-state index is 12.2. The molecular formula is C23H25N3O3. The third-order valence-electron chi connectivity index (χ3n) is 5.21. The minimum absolute atomic E-state index is 0.0400. The topological polar surface area (TPSA) is 67.5 Å². The van der Waals surface area contributed by atoms with E-state index in [1.54, 1.807) is 6.20 Å². The van der Waals surface area contributed by atoms with Crippen molar-refractivity contribution in [2.24, 2.45) is 0 Å². The van der Waals surface area contributed by atoms with Crippen molar-refractivity contribution in [1.29, 1.82) is 0 Å². The summed E-state index contributed by atoms with van der Waals surface area (Å²) in [5.74, 6) is -0.248. The Morgan fingerprint density at radius 1 is 1.07 bits per heavy atom. The van der Waals surface area contributed by atoms with Crippen LogP contribution < -0.4 is 16.0 Å². The Morgan fingerprint density at radius 3 is 2.72 bits per heavy atom. The first-order valence-electron chi connectivity index (χ1n) is 10.1. The average Bonchev–Trinajstić information content (AvgIpc) is 3.12. The second-order valence-electron chi connectivity index (χ2n) is 7.28. The van der Waals surface area contributed by atoms with Gasteiger partial charge in [-0.2, -0.15) is 0 Å². The van der Waals surface area contributed by atoms with Gasteiger partial charge in [-0.15, -0.1) is 0 Å². The lowest BCUT2D eigenvalue weighted by atomic mass is 10.0. The first kappa shape index (κ1) is 19.1. The molecule has 6 nitrogen and oxygen atoms in total. The van der Waals surface area contributed by atoms with Gasteiger partial charge in [-0.25, -0.2) is 4.79 Å². The predicted octanol–water partition coefficient (Wildman–Crippen LogP) is 3.07. The molecule has 2 heterocycles. The zero-order valence-corrected chi connectivity index (χ0v) is 16.3. The molecule has 6 heteroatoms. The highest BCUT2D eigenvalue weighted by Crippen LogP contribution is 2.26. The summed E-state index contributed by atoms with van der Waals surface area (Å²) in [7, 11) is 0. The number of nitrogens with zero attached hydrogens (tertiary/aromatic N) is 2. The van der Waals surface area contributed by atoms with E-state index in [9.17, 15) is 9.59 Å². The highest BCUT2D eigenvalue weighted by Gasteiger charge is 2.16. The van der Waals surface area contributed by atoms with Crippen LogP contribution in [0.4, 0.5) is 5.69 Å². The third kappa shape index (κ3) is 4.59. The number of benzene rings is 2. The molecule has 29 heavy (non-hydrogen) atoms. The fourth-order valence-corrected chi connectivity index (χ4v) is 3.77. The van der Waals surface area contributed by atoms with Gasteiger partial charge in [0, 0.05) is 30.9 Å². The Hall–Kier alpha value is -3.28. The summed E-state index contributed by atoms with van der Waals surface area (Å²) in [4.78, 5) is 26.6. The summed E-state index contributed by atoms with van der Waals surface area (Å²) in [6, 6.07) is 17.9. The van der Waals surface area contributed by atoms with Crippen molar-refractivity contribution < 1.29 is 9.21 Å². The number of rotatable bonds is 7. The molecule has 0 saturated heterocycles. The SMILES string of the molecule is O=C(Cn1cc(-c2ccccc2)oc1=O)NCCCN1CCCc2ccccc21. The van der Waals surface area contributed by atoms with Crippen molar-refractivity contribution in [3.8, 4) is 11.3 Å². The van der Waals surface area contributed by atoms with Gasteiger partial charge in [0.1, 0.15) is 6.54 Å². The molecule has 1 aromatic heterocycles. The van der Waals surface area contributed by atoms with Crippen LogP contribution in [0.2, 0.25) is 0 Å². The molecule has 0 spiro atoms. The van der Waals surface area contributed by atoms with E-state index in [2.05, 4.69) is 34.5 Å². The number of para-hydroxylation sites is 1. The molecular weight excluding hydrogens is 366 g/mol. The first-order chi connectivity index (χ1) is 14.2. The van der Waals surface area contributed by atoms with Gasteiger partial charge < -0.3 is 14.6 Å². The second kappa shape index (κ2) is 8.82. The van der Waals surface area contributed by atoms with E-state index in [1.165, 1.54) is 15.8 Å². The maximum Gasteiger partial charge on any atom is 0.419 e. The number of anilines is 1. The summed E-state index contributed by atoms with van der Waals surface area (Å²) >= 11 is 0. The van der Waals surface area contributed by atoms with Gasteiger partial charge in [0.15, 0.2) is 5.76 Å².